The van der Waals surface area contributed by atoms with Crippen molar-refractivity contribution in [3.05, 3.63) is 35.9 Å². The molecular weight excluding hydrogens is 224 g/mol. The number of hydrogen-bond acceptors (Lipinski definition) is 3. The number of nitrogens with zero attached hydrogens (tertiary/aromatic N) is 1. The third-order valence-electron chi connectivity index (χ3n) is 2.60. The Hall–Kier alpha value is -1.38. The van der Waals surface area contributed by atoms with Crippen LogP contribution in [0.3, 0.4) is 0 Å². The van der Waals surface area contributed by atoms with Crippen LogP contribution >= 0.6 is 0 Å². The van der Waals surface area contributed by atoms with E-state index in [4.69, 9.17) is 5.26 Å². The summed E-state index contributed by atoms with van der Waals surface area (Å²) in [5.41, 5.74) is 1.15. The summed E-state index contributed by atoms with van der Waals surface area (Å²) < 4.78 is 25.2. The molecule has 2 atom stereocenters. The van der Waals surface area contributed by atoms with E-state index in [1.54, 1.807) is 6.07 Å². The van der Waals surface area contributed by atoms with Gasteiger partial charge in [-0.05, 0) is 12.0 Å². The SMILES string of the molecule is N#CCS(=O)(=O)NC1CC1c1ccccc1. The number of sulfonamides is 1. The molecule has 0 aromatic heterocycles. The standard InChI is InChI=1S/C11H12N2O2S/c12-6-7-16(14,15)13-11-8-10(11)9-4-2-1-3-5-9/h1-5,10-11,13H,7-8H2. The van der Waals surface area contributed by atoms with Crippen molar-refractivity contribution >= 4 is 10.0 Å². The summed E-state index contributed by atoms with van der Waals surface area (Å²) in [7, 11) is -3.42. The van der Waals surface area contributed by atoms with Gasteiger partial charge in [-0.25, -0.2) is 13.1 Å². The van der Waals surface area contributed by atoms with Crippen LogP contribution in [0.15, 0.2) is 30.3 Å². The van der Waals surface area contributed by atoms with Gasteiger partial charge < -0.3 is 0 Å². The molecule has 0 spiro atoms. The maximum absolute atomic E-state index is 11.3. The number of nitriles is 1. The van der Waals surface area contributed by atoms with E-state index in [-0.39, 0.29) is 12.0 Å². The Morgan fingerprint density at radius 1 is 1.38 bits per heavy atom. The fourth-order valence-electron chi connectivity index (χ4n) is 1.75. The molecule has 4 nitrogen and oxygen atoms in total. The van der Waals surface area contributed by atoms with Crippen LogP contribution in [0, 0.1) is 11.3 Å². The summed E-state index contributed by atoms with van der Waals surface area (Å²) >= 11 is 0. The Kier molecular flexibility index (Phi) is 2.95. The normalized spacial score (nSPS) is 23.7. The van der Waals surface area contributed by atoms with Crippen LogP contribution in [0.4, 0.5) is 0 Å². The maximum atomic E-state index is 11.3. The number of nitrogens with one attached hydrogen (secondary N) is 1. The third kappa shape index (κ3) is 2.60. The van der Waals surface area contributed by atoms with Crippen LogP contribution in [0.1, 0.15) is 17.9 Å². The highest BCUT2D eigenvalue weighted by molar-refractivity contribution is 7.89. The van der Waals surface area contributed by atoms with Crippen LogP contribution in [0.2, 0.25) is 0 Å². The molecule has 0 bridgehead atoms. The molecule has 0 aliphatic heterocycles. The van der Waals surface area contributed by atoms with Crippen LogP contribution in [0.25, 0.3) is 0 Å². The summed E-state index contributed by atoms with van der Waals surface area (Å²) in [6.07, 6.45) is 0.814. The van der Waals surface area contributed by atoms with Crippen molar-refractivity contribution in [1.29, 1.82) is 5.26 Å². The minimum absolute atomic E-state index is 0.0410. The fourth-order valence-corrected chi connectivity index (χ4v) is 2.73. The lowest BCUT2D eigenvalue weighted by Crippen LogP contribution is -2.28. The van der Waals surface area contributed by atoms with Gasteiger partial charge in [-0.1, -0.05) is 30.3 Å². The quantitative estimate of drug-likeness (QED) is 0.847. The van der Waals surface area contributed by atoms with E-state index < -0.39 is 15.8 Å². The van der Waals surface area contributed by atoms with E-state index in [0.717, 1.165) is 12.0 Å². The van der Waals surface area contributed by atoms with Crippen molar-refractivity contribution in [1.82, 2.24) is 4.72 Å². The zero-order valence-electron chi connectivity index (χ0n) is 8.63. The molecule has 0 saturated heterocycles. The van der Waals surface area contributed by atoms with Crippen LogP contribution in [0.5, 0.6) is 0 Å². The Morgan fingerprint density at radius 2 is 2.06 bits per heavy atom. The largest absolute Gasteiger partial charge is 0.225 e. The Labute approximate surface area is 95.0 Å². The van der Waals surface area contributed by atoms with Crippen molar-refractivity contribution in [2.24, 2.45) is 0 Å². The van der Waals surface area contributed by atoms with Crippen molar-refractivity contribution in [3.8, 4) is 6.07 Å². The molecule has 1 fully saturated rings. The molecule has 1 aliphatic carbocycles. The molecule has 16 heavy (non-hydrogen) atoms. The summed E-state index contributed by atoms with van der Waals surface area (Å²) in [6, 6.07) is 11.4. The first-order valence-corrected chi connectivity index (χ1v) is 6.69. The van der Waals surface area contributed by atoms with Gasteiger partial charge in [-0.15, -0.1) is 0 Å². The van der Waals surface area contributed by atoms with Crippen molar-refractivity contribution in [2.75, 3.05) is 5.75 Å². The Balaban J connectivity index is 1.96. The van der Waals surface area contributed by atoms with Gasteiger partial charge >= 0.3 is 0 Å². The van der Waals surface area contributed by atoms with E-state index in [2.05, 4.69) is 4.72 Å². The molecular formula is C11H12N2O2S. The number of hydrogen-bond donors (Lipinski definition) is 1. The zero-order valence-corrected chi connectivity index (χ0v) is 9.44. The zero-order chi connectivity index (χ0) is 11.6. The highest BCUT2D eigenvalue weighted by Gasteiger charge is 2.40. The molecule has 2 rings (SSSR count). The molecule has 1 aromatic rings. The van der Waals surface area contributed by atoms with E-state index >= 15 is 0 Å². The van der Waals surface area contributed by atoms with Gasteiger partial charge in [0.05, 0.1) is 6.07 Å². The third-order valence-corrected chi connectivity index (χ3v) is 3.77. The summed E-state index contributed by atoms with van der Waals surface area (Å²) in [6.45, 7) is 0. The lowest BCUT2D eigenvalue weighted by molar-refractivity contribution is 0.583. The second kappa shape index (κ2) is 4.24. The van der Waals surface area contributed by atoms with E-state index in [0.29, 0.717) is 0 Å². The van der Waals surface area contributed by atoms with Crippen LogP contribution in [-0.4, -0.2) is 20.2 Å². The molecule has 1 aromatic carbocycles. The molecule has 84 valence electrons. The first-order valence-electron chi connectivity index (χ1n) is 5.04. The Morgan fingerprint density at radius 3 is 2.69 bits per heavy atom. The van der Waals surface area contributed by atoms with Crippen LogP contribution < -0.4 is 4.72 Å². The van der Waals surface area contributed by atoms with Crippen LogP contribution in [-0.2, 0) is 10.0 Å². The monoisotopic (exact) mass is 236 g/mol. The fraction of sp³-hybridized carbons (Fsp3) is 0.364. The van der Waals surface area contributed by atoms with E-state index in [9.17, 15) is 8.42 Å². The predicted molar refractivity (Wildman–Crippen MR) is 60.1 cm³/mol. The second-order valence-electron chi connectivity index (χ2n) is 3.89. The molecule has 1 saturated carbocycles. The molecule has 0 heterocycles. The maximum Gasteiger partial charge on any atom is 0.225 e. The van der Waals surface area contributed by atoms with Gasteiger partial charge in [-0.3, -0.25) is 0 Å². The first-order chi connectivity index (χ1) is 7.62. The van der Waals surface area contributed by atoms with Gasteiger partial charge in [0, 0.05) is 12.0 Å². The lowest BCUT2D eigenvalue weighted by atomic mass is 10.1. The van der Waals surface area contributed by atoms with Gasteiger partial charge in [-0.2, -0.15) is 5.26 Å². The Bertz CT molecular complexity index is 505. The summed E-state index contributed by atoms with van der Waals surface area (Å²) in [5.74, 6) is -0.208. The van der Waals surface area contributed by atoms with Gasteiger partial charge in [0.1, 0.15) is 0 Å². The summed E-state index contributed by atoms with van der Waals surface area (Å²) in [5, 5.41) is 8.35. The highest BCUT2D eigenvalue weighted by Crippen LogP contribution is 2.40. The summed E-state index contributed by atoms with van der Waals surface area (Å²) in [4.78, 5) is 0. The predicted octanol–water partition coefficient (Wildman–Crippen LogP) is 0.985. The lowest BCUT2D eigenvalue weighted by Gasteiger charge is -2.02. The topological polar surface area (TPSA) is 70.0 Å². The average Bonchev–Trinajstić information content (AvgIpc) is 2.97. The van der Waals surface area contributed by atoms with Gasteiger partial charge in [0.2, 0.25) is 10.0 Å². The molecule has 2 unspecified atom stereocenters. The van der Waals surface area contributed by atoms with Gasteiger partial charge in [0.25, 0.3) is 0 Å². The van der Waals surface area contributed by atoms with Gasteiger partial charge in [0.15, 0.2) is 5.75 Å². The molecule has 1 N–H and O–H groups in total. The first kappa shape index (κ1) is 11.1. The number of benzene rings is 1. The van der Waals surface area contributed by atoms with Crippen molar-refractivity contribution < 1.29 is 8.42 Å². The molecule has 0 amide bonds. The van der Waals surface area contributed by atoms with Crippen molar-refractivity contribution in [2.45, 2.75) is 18.4 Å². The molecule has 1 aliphatic rings. The second-order valence-corrected chi connectivity index (χ2v) is 5.65. The smallest absolute Gasteiger partial charge is 0.211 e. The highest BCUT2D eigenvalue weighted by atomic mass is 32.2. The van der Waals surface area contributed by atoms with E-state index in [1.807, 2.05) is 30.3 Å². The minimum atomic E-state index is -3.42. The van der Waals surface area contributed by atoms with Crippen molar-refractivity contribution in [3.63, 3.8) is 0 Å². The molecule has 5 heteroatoms. The van der Waals surface area contributed by atoms with E-state index in [1.165, 1.54) is 0 Å². The molecule has 0 radical (unpaired) electrons. The minimum Gasteiger partial charge on any atom is -0.211 e. The average molecular weight is 236 g/mol. The number of rotatable bonds is 4.